The molecule has 12 heteroatoms. The number of amides is 2. The van der Waals surface area contributed by atoms with Gasteiger partial charge in [-0.1, -0.05) is 0 Å². The van der Waals surface area contributed by atoms with E-state index in [0.29, 0.717) is 34.4 Å². The fraction of sp³-hybridized carbons (Fsp3) is 0.333. The first-order valence-electron chi connectivity index (χ1n) is 17.9. The molecule has 6 rings (SSSR count). The highest BCUT2D eigenvalue weighted by atomic mass is 16.5. The lowest BCUT2D eigenvalue weighted by molar-refractivity contribution is 0.0641. The number of hydrogen-bond donors (Lipinski definition) is 4. The average Bonchev–Trinajstić information content (AvgIpc) is 3.08. The molecule has 0 aliphatic heterocycles. The lowest BCUT2D eigenvalue weighted by atomic mass is 9.91. The summed E-state index contributed by atoms with van der Waals surface area (Å²) in [6.07, 6.45) is 10.1. The van der Waals surface area contributed by atoms with Gasteiger partial charge in [-0.15, -0.1) is 0 Å². The van der Waals surface area contributed by atoms with Gasteiger partial charge in [0.25, 0.3) is 11.8 Å². The fourth-order valence-electron chi connectivity index (χ4n) is 6.49. The molecule has 4 aromatic carbocycles. The van der Waals surface area contributed by atoms with E-state index in [0.717, 1.165) is 60.8 Å². The minimum Gasteiger partial charge on any atom is -0.507 e. The first-order valence-corrected chi connectivity index (χ1v) is 17.9. The van der Waals surface area contributed by atoms with E-state index in [1.807, 2.05) is 64.3 Å². The van der Waals surface area contributed by atoms with Crippen LogP contribution in [0.5, 0.6) is 34.5 Å². The number of phenolic OH excluding ortho intramolecular Hbond substituents is 2. The van der Waals surface area contributed by atoms with Gasteiger partial charge in [-0.3, -0.25) is 20.2 Å². The van der Waals surface area contributed by atoms with Crippen molar-refractivity contribution < 1.29 is 29.3 Å². The Kier molecular flexibility index (Phi) is 12.2. The van der Waals surface area contributed by atoms with Crippen LogP contribution in [0.25, 0.3) is 0 Å². The van der Waals surface area contributed by atoms with E-state index >= 15 is 0 Å². The summed E-state index contributed by atoms with van der Waals surface area (Å²) in [7, 11) is 3.54. The summed E-state index contributed by atoms with van der Waals surface area (Å²) < 4.78 is 12.0. The van der Waals surface area contributed by atoms with Gasteiger partial charge in [-0.25, -0.2) is 0 Å². The quantitative estimate of drug-likeness (QED) is 0.0914. The highest BCUT2D eigenvalue weighted by Crippen LogP contribution is 2.36. The second kappa shape index (κ2) is 17.0. The zero-order valence-electron chi connectivity index (χ0n) is 31.5. The molecule has 0 atom stereocenters. The van der Waals surface area contributed by atoms with Gasteiger partial charge in [-0.05, 0) is 149 Å². The number of nitriles is 2. The minimum absolute atomic E-state index is 0.0551. The Labute approximate surface area is 316 Å². The van der Waals surface area contributed by atoms with E-state index in [9.17, 15) is 19.8 Å². The number of nitrogens with zero attached hydrogens (tertiary/aromatic N) is 4. The zero-order valence-corrected chi connectivity index (χ0v) is 31.5. The third kappa shape index (κ3) is 8.79. The van der Waals surface area contributed by atoms with E-state index in [2.05, 4.69) is 10.6 Å². The molecule has 0 unspecified atom stereocenters. The summed E-state index contributed by atoms with van der Waals surface area (Å²) in [5.41, 5.74) is 5.31. The van der Waals surface area contributed by atoms with Gasteiger partial charge in [-0.2, -0.15) is 10.5 Å². The largest absolute Gasteiger partial charge is 0.507 e. The van der Waals surface area contributed by atoms with Crippen LogP contribution in [0.4, 0.5) is 11.4 Å². The summed E-state index contributed by atoms with van der Waals surface area (Å²) in [4.78, 5) is 28.8. The smallest absolute Gasteiger partial charge is 0.257 e. The van der Waals surface area contributed by atoms with Crippen molar-refractivity contribution in [3.8, 4) is 46.9 Å². The number of aromatic hydroxyl groups is 2. The Morgan fingerprint density at radius 2 is 0.963 bits per heavy atom. The topological polar surface area (TPSA) is 171 Å². The van der Waals surface area contributed by atoms with E-state index in [1.165, 1.54) is 12.1 Å². The van der Waals surface area contributed by atoms with E-state index in [-0.39, 0.29) is 46.5 Å². The molecule has 0 saturated heterocycles. The molecule has 0 bridgehead atoms. The predicted molar refractivity (Wildman–Crippen MR) is 206 cm³/mol. The summed E-state index contributed by atoms with van der Waals surface area (Å²) in [5.74, 6) is 1.76. The van der Waals surface area contributed by atoms with E-state index < -0.39 is 0 Å². The van der Waals surface area contributed by atoms with Gasteiger partial charge < -0.3 is 29.5 Å². The van der Waals surface area contributed by atoms with Gasteiger partial charge >= 0.3 is 0 Å². The highest BCUT2D eigenvalue weighted by molar-refractivity contribution is 5.98. The second-order valence-corrected chi connectivity index (χ2v) is 13.9. The first kappa shape index (κ1) is 38.8. The number of benzene rings is 4. The van der Waals surface area contributed by atoms with Gasteiger partial charge in [0.2, 0.25) is 0 Å². The third-order valence-electron chi connectivity index (χ3n) is 10.0. The molecule has 280 valence electrons. The molecule has 2 saturated carbocycles. The normalized spacial score (nSPS) is 13.4. The Bertz CT molecular complexity index is 1930. The molecule has 4 N–H and O–H groups in total. The van der Waals surface area contributed by atoms with Crippen molar-refractivity contribution in [1.29, 1.82) is 10.5 Å². The molecule has 2 aliphatic carbocycles. The number of carbonyl (C=O) groups is 2. The van der Waals surface area contributed by atoms with Gasteiger partial charge in [0.05, 0.1) is 11.1 Å². The SMILES string of the molecule is Cc1cc(NC#N)cc(C)c1Oc1ccc(O)c(C(=O)N(C)C2CCC2)c1.Cc1cc(NC#N)cc(C)c1Oc1ccc(O)c(C(=O)N(C)C2CCC2)c1. The Morgan fingerprint density at radius 3 is 1.24 bits per heavy atom. The van der Waals surface area contributed by atoms with Crippen molar-refractivity contribution in [2.45, 2.75) is 78.3 Å². The van der Waals surface area contributed by atoms with Crippen LogP contribution >= 0.6 is 0 Å². The number of rotatable bonds is 10. The van der Waals surface area contributed by atoms with E-state index in [1.54, 1.807) is 48.2 Å². The van der Waals surface area contributed by atoms with E-state index in [4.69, 9.17) is 20.0 Å². The maximum absolute atomic E-state index is 12.7. The first-order chi connectivity index (χ1) is 25.8. The molecule has 54 heavy (non-hydrogen) atoms. The monoisotopic (exact) mass is 730 g/mol. The second-order valence-electron chi connectivity index (χ2n) is 13.9. The summed E-state index contributed by atoms with van der Waals surface area (Å²) in [6, 6.07) is 17.2. The van der Waals surface area contributed by atoms with Crippen molar-refractivity contribution in [1.82, 2.24) is 9.80 Å². The molecule has 2 aliphatic rings. The van der Waals surface area contributed by atoms with Crippen molar-refractivity contribution in [3.05, 3.63) is 94.0 Å². The van der Waals surface area contributed by atoms with Crippen LogP contribution in [0.3, 0.4) is 0 Å². The number of anilines is 2. The standard InChI is InChI=1S/2C21H23N3O3/c2*1-13-9-15(23-12-22)10-14(2)20(13)27-17-7-8-19(25)18(11-17)21(26)24(3)16-5-4-6-16/h2*7-11,16,23,25H,4-6H2,1-3H3. The fourth-order valence-corrected chi connectivity index (χ4v) is 6.49. The lowest BCUT2D eigenvalue weighted by Gasteiger charge is -2.34. The zero-order chi connectivity index (χ0) is 39.1. The van der Waals surface area contributed by atoms with Crippen LogP contribution in [-0.2, 0) is 0 Å². The molecule has 0 spiro atoms. The molecule has 2 fully saturated rings. The number of phenols is 2. The Hall–Kier alpha value is -6.40. The lowest BCUT2D eigenvalue weighted by Crippen LogP contribution is -2.41. The molecule has 4 aromatic rings. The van der Waals surface area contributed by atoms with Crippen LogP contribution in [0, 0.1) is 50.6 Å². The van der Waals surface area contributed by atoms with Crippen LogP contribution in [0.1, 0.15) is 81.5 Å². The maximum atomic E-state index is 12.7. The summed E-state index contributed by atoms with van der Waals surface area (Å²) in [5, 5.41) is 43.1. The number of carbonyl (C=O) groups excluding carboxylic acids is 2. The molecule has 12 nitrogen and oxygen atoms in total. The van der Waals surface area contributed by atoms with Crippen LogP contribution < -0.4 is 20.1 Å². The predicted octanol–water partition coefficient (Wildman–Crippen LogP) is 8.64. The number of ether oxygens (including phenoxy) is 2. The molecule has 0 aromatic heterocycles. The van der Waals surface area contributed by atoms with Crippen molar-refractivity contribution in [2.24, 2.45) is 0 Å². The maximum Gasteiger partial charge on any atom is 0.257 e. The van der Waals surface area contributed by atoms with Crippen LogP contribution in [0.2, 0.25) is 0 Å². The Balaban J connectivity index is 0.000000208. The van der Waals surface area contributed by atoms with Gasteiger partial charge in [0.15, 0.2) is 12.4 Å². The molecular weight excluding hydrogens is 684 g/mol. The van der Waals surface area contributed by atoms with Crippen LogP contribution in [-0.4, -0.2) is 58.0 Å². The van der Waals surface area contributed by atoms with Gasteiger partial charge in [0.1, 0.15) is 34.5 Å². The van der Waals surface area contributed by atoms with Crippen molar-refractivity contribution in [3.63, 3.8) is 0 Å². The minimum atomic E-state index is -0.204. The highest BCUT2D eigenvalue weighted by Gasteiger charge is 2.29. The molecule has 2 amide bonds. The molecule has 0 heterocycles. The molecule has 0 radical (unpaired) electrons. The van der Waals surface area contributed by atoms with Crippen molar-refractivity contribution in [2.75, 3.05) is 24.7 Å². The average molecular weight is 731 g/mol. The number of aryl methyl sites for hydroxylation is 4. The summed E-state index contributed by atoms with van der Waals surface area (Å²) in [6.45, 7) is 7.56. The summed E-state index contributed by atoms with van der Waals surface area (Å²) >= 11 is 0. The Morgan fingerprint density at radius 1 is 0.630 bits per heavy atom. The third-order valence-corrected chi connectivity index (χ3v) is 10.0. The van der Waals surface area contributed by atoms with Crippen LogP contribution in [0.15, 0.2) is 60.7 Å². The number of hydrogen-bond acceptors (Lipinski definition) is 10. The number of nitrogens with one attached hydrogen (secondary N) is 2. The molecular formula is C42H46N6O6. The van der Waals surface area contributed by atoms with Gasteiger partial charge in [0, 0.05) is 37.6 Å². The van der Waals surface area contributed by atoms with Crippen molar-refractivity contribution >= 4 is 23.2 Å².